The van der Waals surface area contributed by atoms with Gasteiger partial charge in [0.25, 0.3) is 0 Å². The first-order valence-corrected chi connectivity index (χ1v) is 9.41. The van der Waals surface area contributed by atoms with E-state index in [1.54, 1.807) is 23.1 Å². The number of rotatable bonds is 4. The fraction of sp³-hybridized carbons (Fsp3) is 0.250. The Morgan fingerprint density at radius 3 is 2.81 bits per heavy atom. The maximum Gasteiger partial charge on any atom is 0.228 e. The van der Waals surface area contributed by atoms with Crippen LogP contribution in [0.2, 0.25) is 5.02 Å². The smallest absolute Gasteiger partial charge is 0.228 e. The fourth-order valence-electron chi connectivity index (χ4n) is 3.26. The molecule has 1 aliphatic rings. The molecule has 7 heteroatoms. The number of carbonyl (C=O) groups is 2. The molecule has 0 spiro atoms. The zero-order valence-corrected chi connectivity index (χ0v) is 16.0. The first kappa shape index (κ1) is 18.0. The highest BCUT2D eigenvalue weighted by Crippen LogP contribution is 2.35. The van der Waals surface area contributed by atoms with Crippen LogP contribution in [0, 0.1) is 5.92 Å². The van der Waals surface area contributed by atoms with Gasteiger partial charge in [0.2, 0.25) is 17.0 Å². The lowest BCUT2D eigenvalue weighted by Gasteiger charge is -2.17. The van der Waals surface area contributed by atoms with Gasteiger partial charge >= 0.3 is 0 Å². The number of hydrogen-bond donors (Lipinski definition) is 0. The van der Waals surface area contributed by atoms with Crippen LogP contribution in [-0.2, 0) is 16.0 Å². The van der Waals surface area contributed by atoms with Crippen molar-refractivity contribution in [2.24, 2.45) is 5.92 Å². The summed E-state index contributed by atoms with van der Waals surface area (Å²) in [6, 6.07) is 11.1. The van der Waals surface area contributed by atoms with E-state index < -0.39 is 11.2 Å². The second-order valence-electron chi connectivity index (χ2n) is 6.55. The molecule has 2 heterocycles. The Balaban J connectivity index is 1.73. The molecule has 1 amide bonds. The number of amides is 1. The van der Waals surface area contributed by atoms with Gasteiger partial charge in [0, 0.05) is 18.7 Å². The van der Waals surface area contributed by atoms with E-state index in [1.165, 1.54) is 5.56 Å². The average Bonchev–Trinajstić information content (AvgIpc) is 3.25. The molecule has 2 aromatic carbocycles. The highest BCUT2D eigenvalue weighted by molar-refractivity contribution is 6.64. The van der Waals surface area contributed by atoms with E-state index in [-0.39, 0.29) is 18.9 Å². The predicted molar refractivity (Wildman–Crippen MR) is 105 cm³/mol. The van der Waals surface area contributed by atoms with E-state index >= 15 is 0 Å². The molecule has 0 unspecified atom stereocenters. The third-order valence-corrected chi connectivity index (χ3v) is 5.44. The maximum absolute atomic E-state index is 12.3. The van der Waals surface area contributed by atoms with Crippen molar-refractivity contribution in [3.63, 3.8) is 0 Å². The molecule has 138 valence electrons. The van der Waals surface area contributed by atoms with Gasteiger partial charge in [-0.25, -0.2) is 4.98 Å². The molecule has 0 aliphatic carbocycles. The largest absolute Gasteiger partial charge is 0.436 e. The first-order valence-electron chi connectivity index (χ1n) is 8.65. The predicted octanol–water partition coefficient (Wildman–Crippen LogP) is 4.83. The van der Waals surface area contributed by atoms with Crippen LogP contribution in [0.3, 0.4) is 0 Å². The lowest BCUT2D eigenvalue weighted by atomic mass is 10.1. The number of aryl methyl sites for hydroxylation is 1. The maximum atomic E-state index is 12.3. The van der Waals surface area contributed by atoms with Gasteiger partial charge in [-0.2, -0.15) is 0 Å². The van der Waals surface area contributed by atoms with Crippen LogP contribution in [0.15, 0.2) is 40.8 Å². The van der Waals surface area contributed by atoms with Crippen LogP contribution in [0.25, 0.3) is 22.6 Å². The van der Waals surface area contributed by atoms with Crippen molar-refractivity contribution >= 4 is 51.1 Å². The van der Waals surface area contributed by atoms with Gasteiger partial charge in [-0.15, -0.1) is 0 Å². The Kier molecular flexibility index (Phi) is 4.66. The van der Waals surface area contributed by atoms with Crippen molar-refractivity contribution in [3.8, 4) is 11.5 Å². The van der Waals surface area contributed by atoms with Crippen LogP contribution in [0.4, 0.5) is 5.69 Å². The molecule has 0 bridgehead atoms. The summed E-state index contributed by atoms with van der Waals surface area (Å²) in [5.74, 6) is -0.246. The molecule has 0 radical (unpaired) electrons. The summed E-state index contributed by atoms with van der Waals surface area (Å²) in [5, 5.41) is -0.0247. The Labute approximate surface area is 165 Å². The van der Waals surface area contributed by atoms with Gasteiger partial charge in [0.1, 0.15) is 5.52 Å². The van der Waals surface area contributed by atoms with Gasteiger partial charge in [0.15, 0.2) is 5.58 Å². The molecule has 27 heavy (non-hydrogen) atoms. The van der Waals surface area contributed by atoms with E-state index in [4.69, 9.17) is 27.6 Å². The number of benzene rings is 2. The van der Waals surface area contributed by atoms with Crippen molar-refractivity contribution < 1.29 is 14.0 Å². The fourth-order valence-corrected chi connectivity index (χ4v) is 3.61. The van der Waals surface area contributed by atoms with Crippen LogP contribution < -0.4 is 4.90 Å². The van der Waals surface area contributed by atoms with Gasteiger partial charge in [0.05, 0.1) is 16.5 Å². The second kappa shape index (κ2) is 6.98. The van der Waals surface area contributed by atoms with E-state index in [0.29, 0.717) is 27.7 Å². The number of nitrogens with zero attached hydrogens (tertiary/aromatic N) is 2. The average molecular weight is 403 g/mol. The highest BCUT2D eigenvalue weighted by atomic mass is 35.5. The summed E-state index contributed by atoms with van der Waals surface area (Å²) >= 11 is 11.9. The lowest BCUT2D eigenvalue weighted by molar-refractivity contribution is -0.120. The monoisotopic (exact) mass is 402 g/mol. The quantitative estimate of drug-likeness (QED) is 0.586. The number of fused-ring (bicyclic) bond motifs is 1. The molecule has 1 fully saturated rings. The van der Waals surface area contributed by atoms with Crippen molar-refractivity contribution in [2.75, 3.05) is 11.4 Å². The molecule has 1 saturated heterocycles. The summed E-state index contributed by atoms with van der Waals surface area (Å²) < 4.78 is 5.86. The third kappa shape index (κ3) is 3.33. The van der Waals surface area contributed by atoms with Crippen molar-refractivity contribution in [1.29, 1.82) is 0 Å². The Hall–Kier alpha value is -2.37. The first-order chi connectivity index (χ1) is 13.0. The van der Waals surface area contributed by atoms with Crippen LogP contribution in [0.1, 0.15) is 18.9 Å². The van der Waals surface area contributed by atoms with Crippen LogP contribution in [0.5, 0.6) is 0 Å². The lowest BCUT2D eigenvalue weighted by Crippen LogP contribution is -2.25. The van der Waals surface area contributed by atoms with E-state index in [0.717, 1.165) is 11.9 Å². The minimum Gasteiger partial charge on any atom is -0.436 e. The molecular formula is C20H16Cl2N2O3. The zero-order valence-electron chi connectivity index (χ0n) is 14.5. The van der Waals surface area contributed by atoms with Crippen LogP contribution in [-0.4, -0.2) is 22.7 Å². The summed E-state index contributed by atoms with van der Waals surface area (Å²) in [6.07, 6.45) is 1.02. The number of oxazole rings is 1. The van der Waals surface area contributed by atoms with E-state index in [1.807, 2.05) is 18.2 Å². The highest BCUT2D eigenvalue weighted by Gasteiger charge is 2.34. The second-order valence-corrected chi connectivity index (χ2v) is 7.33. The SMILES string of the molecule is CCc1ccc2oc(-c3cc(N4C[C@@H](C(=O)Cl)CC4=O)ccc3Cl)nc2c1. The molecule has 0 N–H and O–H groups in total. The van der Waals surface area contributed by atoms with Gasteiger partial charge in [-0.1, -0.05) is 24.6 Å². The number of hydrogen-bond acceptors (Lipinski definition) is 4. The van der Waals surface area contributed by atoms with Crippen molar-refractivity contribution in [3.05, 3.63) is 47.0 Å². The standard InChI is InChI=1S/C20H16Cl2N2O3/c1-2-11-3-6-17-16(7-11)23-20(27-17)14-9-13(4-5-15(14)21)24-10-12(19(22)26)8-18(24)25/h3-7,9,12H,2,8,10H2,1H3/t12-/m0/s1. The third-order valence-electron chi connectivity index (χ3n) is 4.80. The molecule has 0 saturated carbocycles. The number of halogens is 2. The Morgan fingerprint density at radius 2 is 2.11 bits per heavy atom. The Bertz CT molecular complexity index is 1060. The molecule has 1 atom stereocenters. The minimum absolute atomic E-state index is 0.114. The summed E-state index contributed by atoms with van der Waals surface area (Å²) in [5.41, 5.74) is 3.83. The van der Waals surface area contributed by atoms with Gasteiger partial charge in [-0.3, -0.25) is 9.59 Å². The van der Waals surface area contributed by atoms with Crippen molar-refractivity contribution in [2.45, 2.75) is 19.8 Å². The minimum atomic E-state index is -0.495. The molecule has 1 aromatic heterocycles. The molecule has 1 aliphatic heterocycles. The van der Waals surface area contributed by atoms with Gasteiger partial charge < -0.3 is 9.32 Å². The van der Waals surface area contributed by atoms with E-state index in [9.17, 15) is 9.59 Å². The van der Waals surface area contributed by atoms with E-state index in [2.05, 4.69) is 11.9 Å². The molecular weight excluding hydrogens is 387 g/mol. The molecule has 5 nitrogen and oxygen atoms in total. The Morgan fingerprint density at radius 1 is 1.30 bits per heavy atom. The topological polar surface area (TPSA) is 63.4 Å². The zero-order chi connectivity index (χ0) is 19.1. The number of anilines is 1. The number of carbonyl (C=O) groups excluding carboxylic acids is 2. The summed E-state index contributed by atoms with van der Waals surface area (Å²) in [4.78, 5) is 29.8. The number of aromatic nitrogens is 1. The van der Waals surface area contributed by atoms with Gasteiger partial charge in [-0.05, 0) is 53.9 Å². The normalized spacial score (nSPS) is 17.1. The summed E-state index contributed by atoms with van der Waals surface area (Å²) in [7, 11) is 0. The molecule has 4 rings (SSSR count). The van der Waals surface area contributed by atoms with Crippen LogP contribution >= 0.6 is 23.2 Å². The van der Waals surface area contributed by atoms with Crippen molar-refractivity contribution in [1.82, 2.24) is 4.98 Å². The molecule has 3 aromatic rings. The summed E-state index contributed by atoms with van der Waals surface area (Å²) in [6.45, 7) is 2.34.